The summed E-state index contributed by atoms with van der Waals surface area (Å²) in [5, 5.41) is 8.53. The van der Waals surface area contributed by atoms with E-state index in [0.717, 1.165) is 36.6 Å². The summed E-state index contributed by atoms with van der Waals surface area (Å²) in [5.41, 5.74) is 2.16. The zero-order valence-electron chi connectivity index (χ0n) is 15.8. The van der Waals surface area contributed by atoms with Crippen molar-refractivity contribution in [3.63, 3.8) is 0 Å². The number of nitrogens with zero attached hydrogens (tertiary/aromatic N) is 2. The third-order valence-electron chi connectivity index (χ3n) is 4.62. The van der Waals surface area contributed by atoms with Crippen molar-refractivity contribution in [2.24, 2.45) is 0 Å². The number of amides is 3. The Morgan fingerprint density at radius 2 is 1.93 bits per heavy atom. The zero-order valence-corrected chi connectivity index (χ0v) is 16.6. The molecule has 1 fully saturated rings. The number of benzene rings is 1. The Kier molecular flexibility index (Phi) is 6.45. The molecule has 0 radical (unpaired) electrons. The molecule has 6 nitrogen and oxygen atoms in total. The van der Waals surface area contributed by atoms with E-state index in [1.807, 2.05) is 24.1 Å². The molecule has 1 unspecified atom stereocenters. The summed E-state index contributed by atoms with van der Waals surface area (Å²) in [6.45, 7) is 5.44. The highest BCUT2D eigenvalue weighted by molar-refractivity contribution is 7.09. The van der Waals surface area contributed by atoms with Crippen molar-refractivity contribution < 1.29 is 9.59 Å². The van der Waals surface area contributed by atoms with Crippen LogP contribution in [0.4, 0.5) is 10.5 Å². The molecule has 2 aromatic rings. The number of likely N-dealkylation sites (tertiary alicyclic amines) is 1. The van der Waals surface area contributed by atoms with Crippen LogP contribution in [0, 0.1) is 6.92 Å². The second kappa shape index (κ2) is 8.99. The van der Waals surface area contributed by atoms with Gasteiger partial charge in [0.05, 0.1) is 6.04 Å². The second-order valence-corrected chi connectivity index (χ2v) is 7.82. The number of hydrogen-bond donors (Lipinski definition) is 2. The van der Waals surface area contributed by atoms with Gasteiger partial charge in [0.2, 0.25) is 0 Å². The van der Waals surface area contributed by atoms with E-state index in [9.17, 15) is 9.59 Å². The third-order valence-corrected chi connectivity index (χ3v) is 5.76. The standard InChI is InChI=1S/C20H26N4O2S/c1-14-13-27-18(21-14)15(2)22-20(26)23-17-9-7-8-16(12-17)19(25)24-10-5-3-4-6-11-24/h7-9,12-13,15H,3-6,10-11H2,1-2H3,(H2,22,23,26). The normalized spacial score (nSPS) is 15.7. The van der Waals surface area contributed by atoms with Crippen molar-refractivity contribution in [2.45, 2.75) is 45.6 Å². The maximum absolute atomic E-state index is 12.7. The van der Waals surface area contributed by atoms with Crippen LogP contribution in [0.1, 0.15) is 59.7 Å². The lowest BCUT2D eigenvalue weighted by atomic mass is 10.1. The molecule has 2 heterocycles. The highest BCUT2D eigenvalue weighted by atomic mass is 32.1. The fourth-order valence-electron chi connectivity index (χ4n) is 3.18. The maximum atomic E-state index is 12.7. The number of hydrogen-bond acceptors (Lipinski definition) is 4. The molecule has 27 heavy (non-hydrogen) atoms. The van der Waals surface area contributed by atoms with Gasteiger partial charge in [-0.05, 0) is 44.9 Å². The largest absolute Gasteiger partial charge is 0.339 e. The Morgan fingerprint density at radius 3 is 2.59 bits per heavy atom. The summed E-state index contributed by atoms with van der Waals surface area (Å²) in [7, 11) is 0. The first-order valence-electron chi connectivity index (χ1n) is 9.42. The molecule has 0 saturated carbocycles. The number of rotatable bonds is 4. The van der Waals surface area contributed by atoms with Gasteiger partial charge in [-0.2, -0.15) is 0 Å². The molecule has 1 aliphatic rings. The minimum absolute atomic E-state index is 0.0348. The van der Waals surface area contributed by atoms with Gasteiger partial charge < -0.3 is 15.5 Å². The van der Waals surface area contributed by atoms with Gasteiger partial charge >= 0.3 is 6.03 Å². The molecule has 0 spiro atoms. The van der Waals surface area contributed by atoms with E-state index in [1.54, 1.807) is 24.3 Å². The first-order chi connectivity index (χ1) is 13.0. The maximum Gasteiger partial charge on any atom is 0.319 e. The van der Waals surface area contributed by atoms with E-state index >= 15 is 0 Å². The van der Waals surface area contributed by atoms with Gasteiger partial charge in [-0.3, -0.25) is 4.79 Å². The Balaban J connectivity index is 1.61. The highest BCUT2D eigenvalue weighted by Gasteiger charge is 2.18. The van der Waals surface area contributed by atoms with Crippen molar-refractivity contribution in [1.82, 2.24) is 15.2 Å². The highest BCUT2D eigenvalue weighted by Crippen LogP contribution is 2.19. The molecule has 2 N–H and O–H groups in total. The predicted molar refractivity (Wildman–Crippen MR) is 108 cm³/mol. The fourth-order valence-corrected chi connectivity index (χ4v) is 3.99. The number of nitrogens with one attached hydrogen (secondary N) is 2. The summed E-state index contributed by atoms with van der Waals surface area (Å²) in [4.78, 5) is 31.3. The smallest absolute Gasteiger partial charge is 0.319 e. The van der Waals surface area contributed by atoms with E-state index in [-0.39, 0.29) is 18.0 Å². The second-order valence-electron chi connectivity index (χ2n) is 6.93. The van der Waals surface area contributed by atoms with Gasteiger partial charge in [0, 0.05) is 35.4 Å². The van der Waals surface area contributed by atoms with Crippen molar-refractivity contribution in [3.8, 4) is 0 Å². The molecule has 0 bridgehead atoms. The van der Waals surface area contributed by atoms with Crippen LogP contribution >= 0.6 is 11.3 Å². The van der Waals surface area contributed by atoms with Crippen molar-refractivity contribution >= 4 is 29.0 Å². The van der Waals surface area contributed by atoms with Gasteiger partial charge in [0.15, 0.2) is 0 Å². The van der Waals surface area contributed by atoms with Crippen LogP contribution in [-0.4, -0.2) is 34.9 Å². The van der Waals surface area contributed by atoms with E-state index in [2.05, 4.69) is 15.6 Å². The number of aryl methyl sites for hydroxylation is 1. The van der Waals surface area contributed by atoms with Crippen LogP contribution in [0.5, 0.6) is 0 Å². The topological polar surface area (TPSA) is 74.3 Å². The Labute approximate surface area is 164 Å². The van der Waals surface area contributed by atoms with Crippen LogP contribution in [0.15, 0.2) is 29.6 Å². The molecule has 3 amide bonds. The van der Waals surface area contributed by atoms with Gasteiger partial charge in [-0.25, -0.2) is 9.78 Å². The molecule has 0 aliphatic carbocycles. The quantitative estimate of drug-likeness (QED) is 0.820. The van der Waals surface area contributed by atoms with Crippen LogP contribution in [0.3, 0.4) is 0 Å². The average molecular weight is 387 g/mol. The lowest BCUT2D eigenvalue weighted by molar-refractivity contribution is 0.0761. The van der Waals surface area contributed by atoms with E-state index < -0.39 is 0 Å². The van der Waals surface area contributed by atoms with Gasteiger partial charge in [-0.1, -0.05) is 18.9 Å². The summed E-state index contributed by atoms with van der Waals surface area (Å²) < 4.78 is 0. The monoisotopic (exact) mass is 386 g/mol. The lowest BCUT2D eigenvalue weighted by Crippen LogP contribution is -2.32. The summed E-state index contributed by atoms with van der Waals surface area (Å²) in [5.74, 6) is 0.0348. The van der Waals surface area contributed by atoms with Gasteiger partial charge in [0.25, 0.3) is 5.91 Å². The van der Waals surface area contributed by atoms with Crippen molar-refractivity contribution in [3.05, 3.63) is 45.9 Å². The zero-order chi connectivity index (χ0) is 19.2. The minimum atomic E-state index is -0.310. The molecule has 3 rings (SSSR count). The van der Waals surface area contributed by atoms with Crippen LogP contribution in [-0.2, 0) is 0 Å². The Morgan fingerprint density at radius 1 is 1.19 bits per heavy atom. The van der Waals surface area contributed by atoms with E-state index in [1.165, 1.54) is 24.2 Å². The first kappa shape index (κ1) is 19.4. The molecular formula is C20H26N4O2S. The number of thiazole rings is 1. The summed E-state index contributed by atoms with van der Waals surface area (Å²) >= 11 is 1.53. The van der Waals surface area contributed by atoms with E-state index in [4.69, 9.17) is 0 Å². The SMILES string of the molecule is Cc1csc(C(C)NC(=O)Nc2cccc(C(=O)N3CCCCCC3)c2)n1. The minimum Gasteiger partial charge on any atom is -0.339 e. The Hall–Kier alpha value is -2.41. The predicted octanol–water partition coefficient (Wildman–Crippen LogP) is 4.35. The number of urea groups is 1. The first-order valence-corrected chi connectivity index (χ1v) is 10.3. The average Bonchev–Trinajstić information content (AvgIpc) is 2.91. The Bertz CT molecular complexity index is 797. The molecule has 1 atom stereocenters. The number of aromatic nitrogens is 1. The van der Waals surface area contributed by atoms with Gasteiger partial charge in [0.1, 0.15) is 5.01 Å². The molecule has 144 valence electrons. The van der Waals surface area contributed by atoms with Crippen molar-refractivity contribution in [1.29, 1.82) is 0 Å². The molecule has 7 heteroatoms. The van der Waals surface area contributed by atoms with Crippen LogP contribution in [0.2, 0.25) is 0 Å². The van der Waals surface area contributed by atoms with Crippen molar-refractivity contribution in [2.75, 3.05) is 18.4 Å². The molecule has 1 saturated heterocycles. The molecule has 1 aromatic heterocycles. The van der Waals surface area contributed by atoms with Crippen LogP contribution in [0.25, 0.3) is 0 Å². The van der Waals surface area contributed by atoms with Gasteiger partial charge in [-0.15, -0.1) is 11.3 Å². The number of anilines is 1. The van der Waals surface area contributed by atoms with Crippen LogP contribution < -0.4 is 10.6 Å². The number of carbonyl (C=O) groups is 2. The molecule has 1 aliphatic heterocycles. The van der Waals surface area contributed by atoms with E-state index in [0.29, 0.717) is 11.3 Å². The molecular weight excluding hydrogens is 360 g/mol. The summed E-state index contributed by atoms with van der Waals surface area (Å²) in [6.07, 6.45) is 4.48. The number of carbonyl (C=O) groups excluding carboxylic acids is 2. The fraction of sp³-hybridized carbons (Fsp3) is 0.450. The lowest BCUT2D eigenvalue weighted by Gasteiger charge is -2.20. The summed E-state index contributed by atoms with van der Waals surface area (Å²) in [6, 6.07) is 6.65. The third kappa shape index (κ3) is 5.29. The molecule has 1 aromatic carbocycles.